The van der Waals surface area contributed by atoms with Gasteiger partial charge in [0.25, 0.3) is 0 Å². The van der Waals surface area contributed by atoms with Gasteiger partial charge in [-0.3, -0.25) is 38.4 Å². The molecule has 2 aromatic rings. The maximum atomic E-state index is 13.6. The molecule has 22 nitrogen and oxygen atoms in total. The Morgan fingerprint density at radius 3 is 1.43 bits per heavy atom. The molecule has 0 aliphatic rings. The highest BCUT2D eigenvalue weighted by atomic mass is 16.4. The highest BCUT2D eigenvalue weighted by Crippen LogP contribution is 2.14. The van der Waals surface area contributed by atoms with Crippen LogP contribution in [0.1, 0.15) is 50.2 Å². The quantitative estimate of drug-likeness (QED) is 0.0475. The van der Waals surface area contributed by atoms with Gasteiger partial charge in [0.05, 0.1) is 18.6 Å². The van der Waals surface area contributed by atoms with Gasteiger partial charge in [0.1, 0.15) is 41.7 Å². The number of aliphatic hydroxyl groups is 1. The number of carboxylic acid groups (broad SMARTS) is 1. The number of aromatic hydroxyl groups is 2. The second-order valence-electron chi connectivity index (χ2n) is 13.3. The van der Waals surface area contributed by atoms with Gasteiger partial charge >= 0.3 is 5.97 Å². The van der Waals surface area contributed by atoms with Crippen LogP contribution < -0.4 is 49.5 Å². The molecule has 0 aliphatic heterocycles. The van der Waals surface area contributed by atoms with E-state index in [4.69, 9.17) is 22.9 Å². The Hall–Kier alpha value is -6.81. The van der Waals surface area contributed by atoms with Crippen molar-refractivity contribution < 1.29 is 63.6 Å². The maximum absolute atomic E-state index is 13.6. The Morgan fingerprint density at radius 1 is 0.552 bits per heavy atom. The number of aliphatic carboxylic acids is 1. The number of phenols is 2. The minimum absolute atomic E-state index is 0.0947. The third-order valence-electron chi connectivity index (χ3n) is 8.45. The number of nitrogens with one attached hydrogen (secondary N) is 5. The van der Waals surface area contributed by atoms with Gasteiger partial charge in [-0.25, -0.2) is 4.79 Å². The van der Waals surface area contributed by atoms with Crippen LogP contribution in [-0.2, 0) is 56.0 Å². The lowest BCUT2D eigenvalue weighted by Crippen LogP contribution is -2.61. The summed E-state index contributed by atoms with van der Waals surface area (Å²) in [4.78, 5) is 114. The number of benzene rings is 2. The minimum atomic E-state index is -1.83. The van der Waals surface area contributed by atoms with E-state index in [1.807, 2.05) is 0 Å². The second-order valence-corrected chi connectivity index (χ2v) is 13.3. The molecule has 0 spiro atoms. The third-order valence-corrected chi connectivity index (χ3v) is 8.45. The van der Waals surface area contributed by atoms with Crippen LogP contribution in [0, 0.1) is 0 Å². The van der Waals surface area contributed by atoms with Crippen molar-refractivity contribution in [3.05, 3.63) is 59.7 Å². The minimum Gasteiger partial charge on any atom is -0.508 e. The molecule has 0 aromatic heterocycles. The summed E-state index contributed by atoms with van der Waals surface area (Å²) in [7, 11) is 0. The maximum Gasteiger partial charge on any atom is 0.326 e. The largest absolute Gasteiger partial charge is 0.508 e. The Balaban J connectivity index is 2.32. The number of nitrogens with two attached hydrogens (primary N) is 4. The van der Waals surface area contributed by atoms with E-state index in [9.17, 15) is 63.6 Å². The zero-order valence-corrected chi connectivity index (χ0v) is 31.4. The molecule has 2 rings (SSSR count). The average Bonchev–Trinajstić information content (AvgIpc) is 3.14. The molecule has 0 bridgehead atoms. The first-order chi connectivity index (χ1) is 27.2. The molecule has 2 aromatic carbocycles. The Kier molecular flexibility index (Phi) is 18.5. The molecule has 17 N–H and O–H groups in total. The van der Waals surface area contributed by atoms with Gasteiger partial charge < -0.3 is 69.9 Å². The molecule has 0 radical (unpaired) electrons. The first kappa shape index (κ1) is 47.3. The molecule has 58 heavy (non-hydrogen) atoms. The van der Waals surface area contributed by atoms with Gasteiger partial charge in [0.15, 0.2) is 0 Å². The van der Waals surface area contributed by atoms with Crippen molar-refractivity contribution in [3.8, 4) is 11.5 Å². The van der Waals surface area contributed by atoms with Crippen LogP contribution in [0.4, 0.5) is 0 Å². The van der Waals surface area contributed by atoms with Crippen LogP contribution in [0.25, 0.3) is 0 Å². The lowest BCUT2D eigenvalue weighted by atomic mass is 10.0. The van der Waals surface area contributed by atoms with E-state index in [0.29, 0.717) is 11.1 Å². The standard InChI is InChI=1S/C36H49N9O13/c1-17(46)30(45-34(55)24(14-18-2-6-20(47)7-3-18)42-31(52)22(37)10-12-27(38)49)35(56)41-23(11-13-28(39)50)32(53)43-25(16-29(40)51)33(54)44-26(36(57)58)15-19-4-8-21(48)9-5-19/h2-9,17,22-26,30,46-48H,10-16,37H2,1H3,(H2,38,49)(H2,39,50)(H2,40,51)(H,41,56)(H,42,52)(H,43,53)(H,44,54)(H,45,55)(H,57,58)/t17-,22+,23+,24+,25+,26+,30+/m1/s1. The zero-order chi connectivity index (χ0) is 43.7. The number of amides is 8. The van der Waals surface area contributed by atoms with Crippen LogP contribution in [0.2, 0.25) is 0 Å². The summed E-state index contributed by atoms with van der Waals surface area (Å²) >= 11 is 0. The smallest absolute Gasteiger partial charge is 0.326 e. The Labute approximate surface area is 331 Å². The average molecular weight is 816 g/mol. The van der Waals surface area contributed by atoms with Crippen LogP contribution in [0.3, 0.4) is 0 Å². The molecule has 316 valence electrons. The van der Waals surface area contributed by atoms with Crippen LogP contribution in [-0.4, -0.2) is 116 Å². The highest BCUT2D eigenvalue weighted by Gasteiger charge is 2.35. The number of phenolic OH excluding ortho intramolecular Hbond substituents is 2. The molecule has 22 heteroatoms. The number of hydrogen-bond donors (Lipinski definition) is 13. The van der Waals surface area contributed by atoms with Gasteiger partial charge in [-0.15, -0.1) is 0 Å². The molecule has 0 unspecified atom stereocenters. The number of rotatable bonds is 24. The predicted molar refractivity (Wildman–Crippen MR) is 201 cm³/mol. The SMILES string of the molecule is C[C@@H](O)[C@H](NC(=O)[C@H](Cc1ccc(O)cc1)NC(=O)[C@@H](N)CCC(N)=O)C(=O)N[C@@H](CCC(N)=O)C(=O)N[C@@H](CC(N)=O)C(=O)N[C@@H](Cc1ccc(O)cc1)C(=O)O. The number of carbonyl (C=O) groups excluding carboxylic acids is 8. The molecule has 0 saturated carbocycles. The third kappa shape index (κ3) is 16.5. The fourth-order valence-corrected chi connectivity index (χ4v) is 5.28. The summed E-state index contributed by atoms with van der Waals surface area (Å²) in [6.07, 6.45) is -4.42. The number of carbonyl (C=O) groups is 9. The normalized spacial score (nSPS) is 14.5. The van der Waals surface area contributed by atoms with Gasteiger partial charge in [0.2, 0.25) is 47.3 Å². The number of aliphatic hydroxyl groups excluding tert-OH is 1. The predicted octanol–water partition coefficient (Wildman–Crippen LogP) is -4.49. The van der Waals surface area contributed by atoms with Crippen molar-refractivity contribution in [1.29, 1.82) is 0 Å². The van der Waals surface area contributed by atoms with E-state index >= 15 is 0 Å². The van der Waals surface area contributed by atoms with E-state index in [2.05, 4.69) is 26.6 Å². The monoisotopic (exact) mass is 815 g/mol. The number of hydrogen-bond acceptors (Lipinski definition) is 13. The molecule has 0 saturated heterocycles. The molecule has 0 aliphatic carbocycles. The van der Waals surface area contributed by atoms with Gasteiger partial charge in [-0.1, -0.05) is 24.3 Å². The van der Waals surface area contributed by atoms with E-state index in [0.717, 1.165) is 6.92 Å². The molecular formula is C36H49N9O13. The summed E-state index contributed by atoms with van der Waals surface area (Å²) in [6.45, 7) is 1.11. The van der Waals surface area contributed by atoms with E-state index in [1.54, 1.807) is 0 Å². The highest BCUT2D eigenvalue weighted by molar-refractivity contribution is 5.98. The van der Waals surface area contributed by atoms with Gasteiger partial charge in [0, 0.05) is 25.7 Å². The number of primary amides is 3. The summed E-state index contributed by atoms with van der Waals surface area (Å²) in [6, 6.07) is 1.24. The fourth-order valence-electron chi connectivity index (χ4n) is 5.28. The molecule has 0 heterocycles. The first-order valence-corrected chi connectivity index (χ1v) is 17.8. The molecule has 7 atom stereocenters. The molecular weight excluding hydrogens is 766 g/mol. The lowest BCUT2D eigenvalue weighted by molar-refractivity contribution is -0.142. The number of carboxylic acids is 1. The summed E-state index contributed by atoms with van der Waals surface area (Å²) in [5.41, 5.74) is 22.4. The van der Waals surface area contributed by atoms with E-state index < -0.39 is 115 Å². The lowest BCUT2D eigenvalue weighted by Gasteiger charge is -2.28. The molecule has 8 amide bonds. The van der Waals surface area contributed by atoms with Gasteiger partial charge in [-0.2, -0.15) is 0 Å². The van der Waals surface area contributed by atoms with Crippen molar-refractivity contribution >= 4 is 53.2 Å². The van der Waals surface area contributed by atoms with Crippen LogP contribution in [0.5, 0.6) is 11.5 Å². The summed E-state index contributed by atoms with van der Waals surface area (Å²) in [5.74, 6) is -9.86. The molecule has 0 fully saturated rings. The zero-order valence-electron chi connectivity index (χ0n) is 31.4. The van der Waals surface area contributed by atoms with Crippen LogP contribution >= 0.6 is 0 Å². The van der Waals surface area contributed by atoms with Crippen molar-refractivity contribution in [2.24, 2.45) is 22.9 Å². The van der Waals surface area contributed by atoms with Crippen molar-refractivity contribution in [2.45, 2.75) is 94.2 Å². The first-order valence-electron chi connectivity index (χ1n) is 17.8. The van der Waals surface area contributed by atoms with Crippen molar-refractivity contribution in [2.75, 3.05) is 0 Å². The second kappa shape index (κ2) is 22.7. The van der Waals surface area contributed by atoms with Crippen molar-refractivity contribution in [3.63, 3.8) is 0 Å². The van der Waals surface area contributed by atoms with E-state index in [1.165, 1.54) is 48.5 Å². The topological polar surface area (TPSA) is 399 Å². The van der Waals surface area contributed by atoms with Crippen molar-refractivity contribution in [1.82, 2.24) is 26.6 Å². The Bertz CT molecular complexity index is 1810. The Morgan fingerprint density at radius 2 is 0.966 bits per heavy atom. The fraction of sp³-hybridized carbons (Fsp3) is 0.417. The van der Waals surface area contributed by atoms with E-state index in [-0.39, 0.29) is 37.2 Å². The van der Waals surface area contributed by atoms with Crippen LogP contribution in [0.15, 0.2) is 48.5 Å². The summed E-state index contributed by atoms with van der Waals surface area (Å²) < 4.78 is 0. The summed E-state index contributed by atoms with van der Waals surface area (Å²) in [5, 5.41) is 50.9. The van der Waals surface area contributed by atoms with Gasteiger partial charge in [-0.05, 0) is 55.2 Å².